The van der Waals surface area contributed by atoms with Gasteiger partial charge in [0, 0.05) is 67.4 Å². The van der Waals surface area contributed by atoms with Crippen LogP contribution in [0.2, 0.25) is 13.3 Å². The molecule has 0 radical (unpaired) electrons. The van der Waals surface area contributed by atoms with E-state index in [4.69, 9.17) is 11.5 Å². The Morgan fingerprint density at radius 2 is 0.939 bits per heavy atom. The van der Waals surface area contributed by atoms with Gasteiger partial charge in [-0.3, -0.25) is 43.4 Å². The number of nitrogens with zero attached hydrogens (tertiary/aromatic N) is 4. The van der Waals surface area contributed by atoms with Gasteiger partial charge < -0.3 is 62.1 Å². The summed E-state index contributed by atoms with van der Waals surface area (Å²) in [5.41, 5.74) is 7.86. The molecule has 2 saturated carbocycles. The smallest absolute Gasteiger partial charge is 0.255 e. The number of Topliss-reactive ketones (excluding diaryl/α,β-unsaturated/α-hetero) is 4. The number of aliphatic hydroxyl groups excluding tert-OH is 4. The second-order valence-electron chi connectivity index (χ2n) is 27.5. The molecule has 99 heavy (non-hydrogen) atoms. The summed E-state index contributed by atoms with van der Waals surface area (Å²) in [7, 11) is 15.7. The number of carbonyl (C=O) groups excluding carboxylic acids is 7. The number of anilines is 2. The number of primary amides is 2. The first kappa shape index (κ1) is 79.9. The number of nitrogens with two attached hydrogens (primary N) is 2. The summed E-state index contributed by atoms with van der Waals surface area (Å²) >= 11 is 0.763. The van der Waals surface area contributed by atoms with E-state index < -0.39 is 144 Å². The zero-order valence-electron chi connectivity index (χ0n) is 58.0. The van der Waals surface area contributed by atoms with Crippen LogP contribution >= 0.6 is 43.3 Å². The Labute approximate surface area is 605 Å². The first-order chi connectivity index (χ1) is 46.0. The van der Waals surface area contributed by atoms with Gasteiger partial charge in [0.15, 0.2) is 22.8 Å². The number of aliphatic hydroxyl groups is 6. The van der Waals surface area contributed by atoms with Crippen molar-refractivity contribution < 1.29 is 74.4 Å². The van der Waals surface area contributed by atoms with E-state index in [9.17, 15) is 74.4 Å². The second-order valence-corrected chi connectivity index (χ2v) is 49.0. The fraction of sp³-hybridized carbons (Fsp3) is 0.473. The number of ketones is 4. The number of phenols is 2. The molecule has 6 aliphatic carbocycles. The number of halogens is 1. The molecule has 6 aliphatic rings. The number of hydrogen-bond acceptors (Lipinski definition) is 21. The molecule has 2 fully saturated rings. The number of fused-ring (bicyclic) bond motifs is 6. The van der Waals surface area contributed by atoms with Crippen molar-refractivity contribution in [3.63, 3.8) is 0 Å². The van der Waals surface area contributed by atoms with E-state index in [0.717, 1.165) is 23.0 Å². The van der Waals surface area contributed by atoms with E-state index in [0.29, 0.717) is 25.3 Å². The molecule has 4 aromatic carbocycles. The number of amides is 2. The van der Waals surface area contributed by atoms with Gasteiger partial charge in [0.05, 0.1) is 32.3 Å². The molecule has 0 aromatic heterocycles. The molecule has 8 atom stereocenters. The number of phenolic OH excluding ortho intramolecular Hbond substituents is 2. The average Bonchev–Trinajstić information content (AvgIpc) is 0.705. The van der Waals surface area contributed by atoms with Gasteiger partial charge in [0.2, 0.25) is 16.7 Å². The second kappa shape index (κ2) is 31.9. The van der Waals surface area contributed by atoms with E-state index in [-0.39, 0.29) is 66.7 Å². The van der Waals surface area contributed by atoms with Crippen LogP contribution in [0.15, 0.2) is 104 Å². The summed E-state index contributed by atoms with van der Waals surface area (Å²) in [6, 6.07) is 17.6. The van der Waals surface area contributed by atoms with Crippen LogP contribution in [0.1, 0.15) is 123 Å². The van der Waals surface area contributed by atoms with Crippen LogP contribution in [0.4, 0.5) is 11.4 Å². The SMILES string of the molecule is C.CCC[CH2][Sn]([CH2]CCC)([CH2]CCC)[S]c1ccc(C)cc1.CN(C)c1cc(I)c(O)c2c1CC1CC3[C@H](N(C)C)C(=O)C(C(N)=O)=C(O)[C@@]3(O)C(=O)C1=C2O.Cc1ccc(SC(=O)c2cc(N(C)C)c3c(c2O)C(O)=C2C(=O)[C@]4(O)C(O)=C(C(N)=O)C(=O)[C@@H](N(C)C)C4CC2C3)cc1. The monoisotopic (exact) mass is 1620 g/mol. The van der Waals surface area contributed by atoms with E-state index in [1.54, 1.807) is 83.6 Å². The Morgan fingerprint density at radius 1 is 0.576 bits per heavy atom. The Hall–Kier alpha value is -6.40. The van der Waals surface area contributed by atoms with Crippen molar-refractivity contribution in [2.45, 2.75) is 153 Å². The van der Waals surface area contributed by atoms with Crippen molar-refractivity contribution in [3.8, 4) is 11.5 Å². The minimum Gasteiger partial charge on any atom is -0.508 e. The minimum atomic E-state index is -2.74. The van der Waals surface area contributed by atoms with Gasteiger partial charge in [0.1, 0.15) is 45.7 Å². The molecule has 0 heterocycles. The van der Waals surface area contributed by atoms with Gasteiger partial charge in [-0.15, -0.1) is 0 Å². The quantitative estimate of drug-likeness (QED) is 0.0180. The summed E-state index contributed by atoms with van der Waals surface area (Å²) in [6.07, 6.45) is 8.89. The maximum absolute atomic E-state index is 14.1. The number of unbranched alkanes of at least 4 members (excludes halogenated alkanes) is 3. The van der Waals surface area contributed by atoms with Crippen LogP contribution in [0.5, 0.6) is 11.5 Å². The summed E-state index contributed by atoms with van der Waals surface area (Å²) in [5, 5.41) is 89.7. The maximum atomic E-state index is 14.1. The number of likely N-dealkylation sites (N-methyl/N-ethyl adjacent to an activating group) is 2. The molecule has 10 rings (SSSR count). The summed E-state index contributed by atoms with van der Waals surface area (Å²) in [5.74, 6) is -14.0. The largest absolute Gasteiger partial charge is 0.508 e. The zero-order valence-corrected chi connectivity index (χ0v) is 64.6. The van der Waals surface area contributed by atoms with Gasteiger partial charge in [-0.2, -0.15) is 0 Å². The number of rotatable bonds is 19. The number of aryl methyl sites for hydroxylation is 2. The predicted molar refractivity (Wildman–Crippen MR) is 400 cm³/mol. The predicted octanol–water partition coefficient (Wildman–Crippen LogP) is 11.0. The van der Waals surface area contributed by atoms with Crippen molar-refractivity contribution in [3.05, 3.63) is 137 Å². The maximum Gasteiger partial charge on any atom is 0.255 e. The average molecular weight is 1620 g/mol. The van der Waals surface area contributed by atoms with Crippen molar-refractivity contribution in [1.82, 2.24) is 9.80 Å². The van der Waals surface area contributed by atoms with E-state index in [1.807, 2.05) is 60.6 Å². The molecule has 0 aliphatic heterocycles. The van der Waals surface area contributed by atoms with Crippen molar-refractivity contribution in [2.75, 3.05) is 66.2 Å². The molecule has 4 aromatic rings. The minimum absolute atomic E-state index is 0. The van der Waals surface area contributed by atoms with Crippen LogP contribution in [-0.4, -0.2) is 187 Å². The fourth-order valence-electron chi connectivity index (χ4n) is 15.2. The van der Waals surface area contributed by atoms with Crippen LogP contribution in [0.25, 0.3) is 11.5 Å². The first-order valence-electron chi connectivity index (χ1n) is 33.1. The van der Waals surface area contributed by atoms with Gasteiger partial charge in [-0.05, 0) is 142 Å². The number of thioether (sulfide) groups is 1. The number of carbonyl (C=O) groups is 7. The molecule has 0 bridgehead atoms. The van der Waals surface area contributed by atoms with Gasteiger partial charge in [-0.25, -0.2) is 0 Å². The Morgan fingerprint density at radius 3 is 1.29 bits per heavy atom. The fourth-order valence-corrected chi connectivity index (χ4v) is 39.2. The van der Waals surface area contributed by atoms with Crippen molar-refractivity contribution in [1.29, 1.82) is 0 Å². The van der Waals surface area contributed by atoms with Gasteiger partial charge in [-0.1, -0.05) is 25.1 Å². The molecule has 21 nitrogen and oxygen atoms in total. The van der Waals surface area contributed by atoms with E-state index in [1.165, 1.54) is 60.0 Å². The molecular weight excluding hydrogens is 1520 g/mol. The molecule has 0 saturated heterocycles. The third-order valence-corrected chi connectivity index (χ3v) is 43.4. The molecule has 4 unspecified atom stereocenters. The zero-order chi connectivity index (χ0) is 72.7. The molecule has 25 heteroatoms. The summed E-state index contributed by atoms with van der Waals surface area (Å²) < 4.78 is 5.22. The Bertz CT molecular complexity index is 3980. The summed E-state index contributed by atoms with van der Waals surface area (Å²) in [6.45, 7) is 11.2. The number of aromatic hydroxyl groups is 2. The standard InChI is InChI=1S/C31H33N3O8S.C23H26IN3O7.C7H8S.3C4H9.CH4.Sn/c1-13-6-8-15(9-7-13)43-30(41)17-12-19(33(2)3)16-10-14-11-18-23(34(4)5)26(37)22(29(32)40)28(39)31(18,42)27(38)20(14)25(36)21(16)24(17)35;1-26(2)12-7-11(24)17(28)14-9(12)5-8-6-10-16(27(3)4)19(30)15(22(25)33)21(32)23(10,34)20(31)13(8)18(14)29;1-6-2-4-7(8)5-3-6;3*1-3-4-2;;/h6-9,12,14,18,23,35-36,39,42H,10-11H2,1-5H3,(H2,32,40);7-8,10,16,28-29,32,34H,5-6H2,1-4H3,(H2,25,33);2-5,8H,1H3;3*1,3-4H2,2H3;1H4;/q;;;;;;;+1/p-1/t14?,18?,23-,31-;8?,10?,16-,23-;;;;;;/m00....../s1. The van der Waals surface area contributed by atoms with Gasteiger partial charge in [0.25, 0.3) is 11.8 Å². The molecule has 12 N–H and O–H groups in total. The van der Waals surface area contributed by atoms with E-state index >= 15 is 0 Å². The normalized spacial score (nSPS) is 23.2. The number of benzene rings is 4. The third-order valence-electron chi connectivity index (χ3n) is 20.1. The topological polar surface area (TPSA) is 346 Å². The summed E-state index contributed by atoms with van der Waals surface area (Å²) in [4.78, 5) is 101. The van der Waals surface area contributed by atoms with Crippen LogP contribution in [0, 0.1) is 41.1 Å². The van der Waals surface area contributed by atoms with Crippen LogP contribution < -0.4 is 21.3 Å². The van der Waals surface area contributed by atoms with Crippen molar-refractivity contribution >= 4 is 123 Å². The van der Waals surface area contributed by atoms with E-state index in [2.05, 4.69) is 60.9 Å². The molecular formula is C74H97IN6O15S2Sn. The first-order valence-corrected chi connectivity index (χ1v) is 45.4. The van der Waals surface area contributed by atoms with Crippen molar-refractivity contribution in [2.24, 2.45) is 35.1 Å². The van der Waals surface area contributed by atoms with Crippen LogP contribution in [-0.2, 0) is 41.6 Å². The van der Waals surface area contributed by atoms with Gasteiger partial charge >= 0.3 is 140 Å². The molecule has 0 spiro atoms. The Balaban J connectivity index is 0.000000220. The molecule has 2 amide bonds. The molecule has 536 valence electrons. The number of hydrogen-bond donors (Lipinski definition) is 10. The Kier molecular flexibility index (Phi) is 25.7. The third kappa shape index (κ3) is 15.0. The van der Waals surface area contributed by atoms with Crippen LogP contribution in [0.3, 0.4) is 0 Å².